The van der Waals surface area contributed by atoms with Crippen LogP contribution in [-0.4, -0.2) is 18.3 Å². The first-order valence-electron chi connectivity index (χ1n) is 5.26. The molecule has 0 radical (unpaired) electrons. The monoisotopic (exact) mass is 221 g/mol. The minimum Gasteiger partial charge on any atom is -0.397 e. The van der Waals surface area contributed by atoms with Gasteiger partial charge >= 0.3 is 0 Å². The van der Waals surface area contributed by atoms with E-state index in [9.17, 15) is 0 Å². The second kappa shape index (κ2) is 5.53. The molecule has 0 aliphatic rings. The summed E-state index contributed by atoms with van der Waals surface area (Å²) >= 11 is 0. The molecule has 0 saturated heterocycles. The van der Waals surface area contributed by atoms with Crippen LogP contribution in [0.3, 0.4) is 0 Å². The zero-order chi connectivity index (χ0) is 12.1. The lowest BCUT2D eigenvalue weighted by atomic mass is 10.1. The minimum atomic E-state index is 0.122. The van der Waals surface area contributed by atoms with Gasteiger partial charge in [0.25, 0.3) is 0 Å². The Bertz CT molecular complexity index is 377. The first-order chi connectivity index (χ1) is 7.61. The highest BCUT2D eigenvalue weighted by Gasteiger charge is 2.09. The van der Waals surface area contributed by atoms with Crippen LogP contribution in [-0.2, 0) is 0 Å². The summed E-state index contributed by atoms with van der Waals surface area (Å²) in [5, 5.41) is 10.3. The summed E-state index contributed by atoms with van der Waals surface area (Å²) in [6.45, 7) is 6.36. The van der Waals surface area contributed by atoms with Crippen molar-refractivity contribution in [2.24, 2.45) is 5.84 Å². The first kappa shape index (κ1) is 12.5. The Kier molecular flexibility index (Phi) is 4.34. The smallest absolute Gasteiger partial charge is 0.0749 e. The van der Waals surface area contributed by atoms with E-state index in [4.69, 9.17) is 16.7 Å². The fourth-order valence-corrected chi connectivity index (χ4v) is 1.56. The molecule has 88 valence electrons. The van der Waals surface area contributed by atoms with Crippen LogP contribution in [0, 0.1) is 6.92 Å². The number of nitrogen functional groups attached to an aromatic ring is 1. The van der Waals surface area contributed by atoms with E-state index < -0.39 is 0 Å². The molecule has 0 aliphatic carbocycles. The van der Waals surface area contributed by atoms with E-state index in [1.165, 1.54) is 0 Å². The molecular formula is C12H19N3O. The summed E-state index contributed by atoms with van der Waals surface area (Å²) in [5.74, 6) is 5.86. The van der Waals surface area contributed by atoms with Gasteiger partial charge in [0.05, 0.1) is 11.4 Å². The number of hydrogen-bond donors (Lipinski definition) is 3. The summed E-state index contributed by atoms with van der Waals surface area (Å²) in [6, 6.07) is 3.81. The molecular weight excluding hydrogens is 202 g/mol. The van der Waals surface area contributed by atoms with Gasteiger partial charge in [-0.15, -0.1) is 0 Å². The van der Waals surface area contributed by atoms with Crippen molar-refractivity contribution in [3.63, 3.8) is 0 Å². The van der Waals surface area contributed by atoms with E-state index in [0.717, 1.165) is 16.8 Å². The Hall–Kier alpha value is -1.52. The van der Waals surface area contributed by atoms with Gasteiger partial charge < -0.3 is 15.8 Å². The van der Waals surface area contributed by atoms with Crippen molar-refractivity contribution in [2.75, 3.05) is 23.9 Å². The molecule has 0 heterocycles. The highest BCUT2D eigenvalue weighted by atomic mass is 16.3. The predicted octanol–water partition coefficient (Wildman–Crippen LogP) is 1.28. The molecule has 0 spiro atoms. The Labute approximate surface area is 96.1 Å². The number of aliphatic hydroxyl groups is 1. The summed E-state index contributed by atoms with van der Waals surface area (Å²) in [6.07, 6.45) is 2.39. The first-order valence-corrected chi connectivity index (χ1v) is 5.26. The highest BCUT2D eigenvalue weighted by molar-refractivity contribution is 5.75. The highest BCUT2D eigenvalue weighted by Crippen LogP contribution is 2.28. The van der Waals surface area contributed by atoms with Gasteiger partial charge in [-0.25, -0.2) is 5.84 Å². The normalized spacial score (nSPS) is 10.2. The number of benzene rings is 1. The molecule has 0 unspecified atom stereocenters. The van der Waals surface area contributed by atoms with Crippen LogP contribution in [0.25, 0.3) is 6.08 Å². The SMILES string of the molecule is C=Cc1ccc(N(N)CCCO)c(N)c1C. The lowest BCUT2D eigenvalue weighted by Crippen LogP contribution is -2.33. The van der Waals surface area contributed by atoms with Crippen LogP contribution >= 0.6 is 0 Å². The number of aliphatic hydroxyl groups excluding tert-OH is 1. The van der Waals surface area contributed by atoms with Crippen molar-refractivity contribution in [1.29, 1.82) is 0 Å². The van der Waals surface area contributed by atoms with Crippen LogP contribution in [0.15, 0.2) is 18.7 Å². The van der Waals surface area contributed by atoms with Crippen LogP contribution in [0.2, 0.25) is 0 Å². The Balaban J connectivity index is 2.97. The number of nitrogens with two attached hydrogens (primary N) is 2. The summed E-state index contributed by atoms with van der Waals surface area (Å²) in [5.41, 5.74) is 9.44. The van der Waals surface area contributed by atoms with Crippen molar-refractivity contribution in [1.82, 2.24) is 0 Å². The second-order valence-corrected chi connectivity index (χ2v) is 3.69. The van der Waals surface area contributed by atoms with E-state index in [1.807, 2.05) is 19.1 Å². The molecule has 4 heteroatoms. The Morgan fingerprint density at radius 1 is 1.50 bits per heavy atom. The van der Waals surface area contributed by atoms with E-state index in [2.05, 4.69) is 6.58 Å². The molecule has 5 N–H and O–H groups in total. The van der Waals surface area contributed by atoms with Crippen molar-refractivity contribution >= 4 is 17.5 Å². The summed E-state index contributed by atoms with van der Waals surface area (Å²) in [7, 11) is 0. The fourth-order valence-electron chi connectivity index (χ4n) is 1.56. The van der Waals surface area contributed by atoms with Crippen molar-refractivity contribution < 1.29 is 5.11 Å². The number of hydrogen-bond acceptors (Lipinski definition) is 4. The van der Waals surface area contributed by atoms with E-state index in [-0.39, 0.29) is 6.61 Å². The van der Waals surface area contributed by atoms with Crippen molar-refractivity contribution in [3.8, 4) is 0 Å². The van der Waals surface area contributed by atoms with E-state index >= 15 is 0 Å². The third kappa shape index (κ3) is 2.53. The molecule has 0 aromatic heterocycles. The van der Waals surface area contributed by atoms with Crippen LogP contribution in [0.5, 0.6) is 0 Å². The average molecular weight is 221 g/mol. The Morgan fingerprint density at radius 3 is 2.75 bits per heavy atom. The quantitative estimate of drug-likeness (QED) is 0.398. The molecule has 0 aliphatic heterocycles. The topological polar surface area (TPSA) is 75.5 Å². The molecule has 1 aromatic carbocycles. The predicted molar refractivity (Wildman–Crippen MR) is 68.9 cm³/mol. The van der Waals surface area contributed by atoms with Gasteiger partial charge in [-0.05, 0) is 30.5 Å². The Morgan fingerprint density at radius 2 is 2.19 bits per heavy atom. The molecule has 0 amide bonds. The van der Waals surface area contributed by atoms with Crippen molar-refractivity contribution in [2.45, 2.75) is 13.3 Å². The van der Waals surface area contributed by atoms with Crippen LogP contribution in [0.1, 0.15) is 17.5 Å². The van der Waals surface area contributed by atoms with Gasteiger partial charge in [-0.1, -0.05) is 18.7 Å². The number of rotatable bonds is 5. The average Bonchev–Trinajstić information content (AvgIpc) is 2.29. The molecule has 0 fully saturated rings. The zero-order valence-electron chi connectivity index (χ0n) is 9.61. The largest absolute Gasteiger partial charge is 0.397 e. The third-order valence-electron chi connectivity index (χ3n) is 2.62. The zero-order valence-corrected chi connectivity index (χ0v) is 9.61. The molecule has 1 aromatic rings. The maximum absolute atomic E-state index is 8.74. The molecule has 0 bridgehead atoms. The number of hydrazine groups is 1. The second-order valence-electron chi connectivity index (χ2n) is 3.69. The summed E-state index contributed by atoms with van der Waals surface area (Å²) in [4.78, 5) is 0. The van der Waals surface area contributed by atoms with Gasteiger partial charge in [0.1, 0.15) is 0 Å². The molecule has 1 rings (SSSR count). The van der Waals surface area contributed by atoms with Crippen LogP contribution in [0.4, 0.5) is 11.4 Å². The van der Waals surface area contributed by atoms with E-state index in [1.54, 1.807) is 11.1 Å². The number of nitrogens with zero attached hydrogens (tertiary/aromatic N) is 1. The van der Waals surface area contributed by atoms with Gasteiger partial charge in [0, 0.05) is 13.2 Å². The third-order valence-corrected chi connectivity index (χ3v) is 2.62. The van der Waals surface area contributed by atoms with Gasteiger partial charge in [-0.3, -0.25) is 0 Å². The van der Waals surface area contributed by atoms with E-state index in [0.29, 0.717) is 18.7 Å². The van der Waals surface area contributed by atoms with Crippen LogP contribution < -0.4 is 16.6 Å². The minimum absolute atomic E-state index is 0.122. The molecule has 0 saturated carbocycles. The lowest BCUT2D eigenvalue weighted by molar-refractivity contribution is 0.289. The van der Waals surface area contributed by atoms with Gasteiger partial charge in [0.2, 0.25) is 0 Å². The van der Waals surface area contributed by atoms with Gasteiger partial charge in [-0.2, -0.15) is 0 Å². The molecule has 16 heavy (non-hydrogen) atoms. The molecule has 0 atom stereocenters. The standard InChI is InChI=1S/C12H19N3O/c1-3-10-5-6-11(12(13)9(10)2)15(14)7-4-8-16/h3,5-6,16H,1,4,7-8,13-14H2,2H3. The van der Waals surface area contributed by atoms with Gasteiger partial charge in [0.15, 0.2) is 0 Å². The molecule has 4 nitrogen and oxygen atoms in total. The number of anilines is 2. The lowest BCUT2D eigenvalue weighted by Gasteiger charge is -2.21. The van der Waals surface area contributed by atoms with Crippen molar-refractivity contribution in [3.05, 3.63) is 29.8 Å². The maximum atomic E-state index is 8.74. The maximum Gasteiger partial charge on any atom is 0.0749 e. The fraction of sp³-hybridized carbons (Fsp3) is 0.333. The summed E-state index contributed by atoms with van der Waals surface area (Å²) < 4.78 is 0.